The van der Waals surface area contributed by atoms with Gasteiger partial charge < -0.3 is 0 Å². The van der Waals surface area contributed by atoms with Crippen molar-refractivity contribution in [3.05, 3.63) is 60.2 Å². The Balaban J connectivity index is 1.56. The molecule has 0 amide bonds. The van der Waals surface area contributed by atoms with Crippen LogP contribution in [-0.2, 0) is 0 Å². The third-order valence-corrected chi connectivity index (χ3v) is 5.57. The van der Waals surface area contributed by atoms with E-state index in [9.17, 15) is 0 Å². The van der Waals surface area contributed by atoms with E-state index < -0.39 is 0 Å². The summed E-state index contributed by atoms with van der Waals surface area (Å²) >= 11 is 0. The number of aromatic nitrogens is 2. The van der Waals surface area contributed by atoms with E-state index in [-0.39, 0.29) is 0 Å². The Hall–Kier alpha value is -1.70. The molecular formula is C22H30N2. The van der Waals surface area contributed by atoms with Gasteiger partial charge in [-0.2, -0.15) is 0 Å². The summed E-state index contributed by atoms with van der Waals surface area (Å²) in [6.45, 7) is 0. The predicted octanol–water partition coefficient (Wildman–Crippen LogP) is 6.26. The molecule has 0 aromatic carbocycles. The van der Waals surface area contributed by atoms with Gasteiger partial charge >= 0.3 is 0 Å². The fraction of sp³-hybridized carbons (Fsp3) is 0.545. The SMILES string of the molecule is c1cc(C2CCCCCC(c3ccncc3)CCCCC2)ccn1. The van der Waals surface area contributed by atoms with Gasteiger partial charge in [-0.25, -0.2) is 0 Å². The van der Waals surface area contributed by atoms with Gasteiger partial charge in [0.1, 0.15) is 0 Å². The molecule has 0 N–H and O–H groups in total. The molecule has 0 atom stereocenters. The zero-order valence-electron chi connectivity index (χ0n) is 14.7. The van der Waals surface area contributed by atoms with E-state index in [0.29, 0.717) is 0 Å². The third kappa shape index (κ3) is 5.15. The van der Waals surface area contributed by atoms with Gasteiger partial charge in [0.05, 0.1) is 0 Å². The highest BCUT2D eigenvalue weighted by molar-refractivity contribution is 5.16. The minimum absolute atomic E-state index is 0.739. The number of hydrogen-bond acceptors (Lipinski definition) is 2. The van der Waals surface area contributed by atoms with Crippen molar-refractivity contribution < 1.29 is 0 Å². The molecule has 2 aromatic rings. The first kappa shape index (κ1) is 17.1. The summed E-state index contributed by atoms with van der Waals surface area (Å²) in [5, 5.41) is 0. The van der Waals surface area contributed by atoms with E-state index in [1.54, 1.807) is 0 Å². The Bertz CT molecular complexity index is 502. The average Bonchev–Trinajstić information content (AvgIpc) is 2.64. The molecule has 0 aliphatic heterocycles. The van der Waals surface area contributed by atoms with Crippen molar-refractivity contribution in [1.82, 2.24) is 9.97 Å². The Morgan fingerprint density at radius 2 is 0.833 bits per heavy atom. The molecule has 1 aliphatic carbocycles. The smallest absolute Gasteiger partial charge is 0.0270 e. The maximum Gasteiger partial charge on any atom is 0.0270 e. The van der Waals surface area contributed by atoms with Gasteiger partial charge in [0, 0.05) is 24.8 Å². The first-order valence-corrected chi connectivity index (χ1v) is 9.73. The Labute approximate surface area is 146 Å². The molecular weight excluding hydrogens is 292 g/mol. The first-order valence-electron chi connectivity index (χ1n) is 9.73. The molecule has 2 aromatic heterocycles. The van der Waals surface area contributed by atoms with Crippen molar-refractivity contribution in [2.75, 3.05) is 0 Å². The first-order chi connectivity index (χ1) is 11.9. The molecule has 0 radical (unpaired) electrons. The highest BCUT2D eigenvalue weighted by Crippen LogP contribution is 2.32. The fourth-order valence-corrected chi connectivity index (χ4v) is 4.14. The highest BCUT2D eigenvalue weighted by atomic mass is 14.6. The molecule has 1 aliphatic rings. The van der Waals surface area contributed by atoms with E-state index in [1.165, 1.54) is 75.3 Å². The summed E-state index contributed by atoms with van der Waals surface area (Å²) in [7, 11) is 0. The van der Waals surface area contributed by atoms with Crippen molar-refractivity contribution >= 4 is 0 Å². The van der Waals surface area contributed by atoms with Crippen LogP contribution in [0.2, 0.25) is 0 Å². The molecule has 0 saturated heterocycles. The molecule has 3 rings (SSSR count). The standard InChI is InChI=1S/C22H30N2/c1-3-7-19(21-11-15-23-16-12-21)9-5-2-6-10-20(8-4-1)22-13-17-24-18-14-22/h11-20H,1-10H2. The lowest BCUT2D eigenvalue weighted by molar-refractivity contribution is 0.443. The lowest BCUT2D eigenvalue weighted by atomic mass is 9.85. The molecule has 128 valence electrons. The summed E-state index contributed by atoms with van der Waals surface area (Å²) in [6, 6.07) is 8.87. The average molecular weight is 322 g/mol. The molecule has 0 unspecified atom stereocenters. The number of pyridine rings is 2. The second kappa shape index (κ2) is 9.56. The Morgan fingerprint density at radius 3 is 1.17 bits per heavy atom. The molecule has 1 saturated carbocycles. The van der Waals surface area contributed by atoms with E-state index >= 15 is 0 Å². The highest BCUT2D eigenvalue weighted by Gasteiger charge is 2.15. The van der Waals surface area contributed by atoms with E-state index in [2.05, 4.69) is 34.2 Å². The summed E-state index contributed by atoms with van der Waals surface area (Å²) in [6.07, 6.45) is 21.3. The van der Waals surface area contributed by atoms with Crippen LogP contribution in [0.5, 0.6) is 0 Å². The van der Waals surface area contributed by atoms with E-state index in [0.717, 1.165) is 11.8 Å². The molecule has 2 heterocycles. The summed E-state index contributed by atoms with van der Waals surface area (Å²) in [4.78, 5) is 8.35. The summed E-state index contributed by atoms with van der Waals surface area (Å²) < 4.78 is 0. The molecule has 0 bridgehead atoms. The maximum atomic E-state index is 4.18. The van der Waals surface area contributed by atoms with Crippen LogP contribution in [0.25, 0.3) is 0 Å². The van der Waals surface area contributed by atoms with Crippen molar-refractivity contribution in [2.45, 2.75) is 76.0 Å². The van der Waals surface area contributed by atoms with Crippen LogP contribution in [0.15, 0.2) is 49.1 Å². The van der Waals surface area contributed by atoms with Crippen molar-refractivity contribution in [3.63, 3.8) is 0 Å². The van der Waals surface area contributed by atoms with Crippen molar-refractivity contribution in [1.29, 1.82) is 0 Å². The van der Waals surface area contributed by atoms with E-state index in [1.807, 2.05) is 24.8 Å². The van der Waals surface area contributed by atoms with Crippen LogP contribution in [0.1, 0.15) is 87.2 Å². The van der Waals surface area contributed by atoms with Crippen LogP contribution in [-0.4, -0.2) is 9.97 Å². The topological polar surface area (TPSA) is 25.8 Å². The normalized spacial score (nSPS) is 23.8. The zero-order valence-corrected chi connectivity index (χ0v) is 14.7. The van der Waals surface area contributed by atoms with Crippen LogP contribution in [0.4, 0.5) is 0 Å². The minimum atomic E-state index is 0.739. The zero-order chi connectivity index (χ0) is 16.5. The number of rotatable bonds is 2. The molecule has 2 heteroatoms. The monoisotopic (exact) mass is 322 g/mol. The van der Waals surface area contributed by atoms with Crippen LogP contribution >= 0.6 is 0 Å². The van der Waals surface area contributed by atoms with Gasteiger partial charge in [-0.15, -0.1) is 0 Å². The van der Waals surface area contributed by atoms with Crippen LogP contribution < -0.4 is 0 Å². The van der Waals surface area contributed by atoms with E-state index in [4.69, 9.17) is 0 Å². The van der Waals surface area contributed by atoms with Gasteiger partial charge in [-0.1, -0.05) is 38.5 Å². The van der Waals surface area contributed by atoms with Gasteiger partial charge in [-0.05, 0) is 72.9 Å². The fourth-order valence-electron chi connectivity index (χ4n) is 4.14. The van der Waals surface area contributed by atoms with Gasteiger partial charge in [0.15, 0.2) is 0 Å². The second-order valence-corrected chi connectivity index (χ2v) is 7.23. The Morgan fingerprint density at radius 1 is 0.500 bits per heavy atom. The lowest BCUT2D eigenvalue weighted by Gasteiger charge is -2.21. The second-order valence-electron chi connectivity index (χ2n) is 7.23. The van der Waals surface area contributed by atoms with Crippen molar-refractivity contribution in [3.8, 4) is 0 Å². The molecule has 24 heavy (non-hydrogen) atoms. The van der Waals surface area contributed by atoms with Crippen LogP contribution in [0, 0.1) is 0 Å². The quantitative estimate of drug-likeness (QED) is 0.652. The number of nitrogens with zero attached hydrogens (tertiary/aromatic N) is 2. The van der Waals surface area contributed by atoms with Crippen molar-refractivity contribution in [2.24, 2.45) is 0 Å². The van der Waals surface area contributed by atoms with Gasteiger partial charge in [-0.3, -0.25) is 9.97 Å². The van der Waals surface area contributed by atoms with Gasteiger partial charge in [0.25, 0.3) is 0 Å². The Kier molecular flexibility index (Phi) is 6.83. The summed E-state index contributed by atoms with van der Waals surface area (Å²) in [5.41, 5.74) is 2.99. The lowest BCUT2D eigenvalue weighted by Crippen LogP contribution is -2.03. The van der Waals surface area contributed by atoms with Crippen LogP contribution in [0.3, 0.4) is 0 Å². The number of hydrogen-bond donors (Lipinski definition) is 0. The molecule has 1 fully saturated rings. The minimum Gasteiger partial charge on any atom is -0.265 e. The molecule has 0 spiro atoms. The van der Waals surface area contributed by atoms with Gasteiger partial charge in [0.2, 0.25) is 0 Å². The summed E-state index contributed by atoms with van der Waals surface area (Å²) in [5.74, 6) is 1.48. The molecule has 2 nitrogen and oxygen atoms in total. The largest absolute Gasteiger partial charge is 0.265 e. The maximum absolute atomic E-state index is 4.18. The predicted molar refractivity (Wildman–Crippen MR) is 100 cm³/mol. The third-order valence-electron chi connectivity index (χ3n) is 5.57.